The molecule has 4 nitrogen and oxygen atoms in total. The zero-order valence-electron chi connectivity index (χ0n) is 44.3. The van der Waals surface area contributed by atoms with E-state index in [4.69, 9.17) is 19.6 Å². The molecule has 0 saturated heterocycles. The molecule has 1 N–H and O–H groups in total. The van der Waals surface area contributed by atoms with E-state index in [0.717, 1.165) is 61.3 Å². The number of phenols is 1. The van der Waals surface area contributed by atoms with E-state index in [9.17, 15) is 5.11 Å². The topological polar surface area (TPSA) is 50.9 Å². The van der Waals surface area contributed by atoms with Crippen LogP contribution < -0.4 is 0 Å². The van der Waals surface area contributed by atoms with Crippen molar-refractivity contribution in [2.75, 3.05) is 0 Å². The Morgan fingerprint density at radius 1 is 0.609 bits per heavy atom. The summed E-state index contributed by atoms with van der Waals surface area (Å²) in [7, 11) is 0. The molecule has 2 aromatic heterocycles. The number of nitrogens with zero attached hydrogens (tertiary/aromatic N) is 3. The number of benzene rings is 7. The van der Waals surface area contributed by atoms with Crippen LogP contribution in [0.1, 0.15) is 79.0 Å². The summed E-state index contributed by atoms with van der Waals surface area (Å²) in [6, 6.07) is 44.5. The average molecular weight is 1020 g/mol. The first-order valence-electron chi connectivity index (χ1n) is 24.8. The Morgan fingerprint density at radius 3 is 1.94 bits per heavy atom. The molecule has 0 aliphatic rings. The fourth-order valence-electron chi connectivity index (χ4n) is 8.45. The Balaban J connectivity index is 0.00000676. The van der Waals surface area contributed by atoms with E-state index < -0.39 is 36.6 Å². The minimum Gasteiger partial charge on any atom is -0.507 e. The summed E-state index contributed by atoms with van der Waals surface area (Å²) in [5.41, 5.74) is 12.8. The van der Waals surface area contributed by atoms with Crippen molar-refractivity contribution in [3.63, 3.8) is 0 Å². The van der Waals surface area contributed by atoms with Crippen molar-refractivity contribution < 1.29 is 35.8 Å². The first-order valence-corrected chi connectivity index (χ1v) is 21.3. The quantitative estimate of drug-likeness (QED) is 0.162. The Hall–Kier alpha value is -6.35. The van der Waals surface area contributed by atoms with Crippen LogP contribution in [0.2, 0.25) is 0 Å². The molecule has 0 aliphatic carbocycles. The first-order chi connectivity index (χ1) is 33.0. The van der Waals surface area contributed by atoms with Crippen molar-refractivity contribution in [2.45, 2.75) is 73.1 Å². The van der Waals surface area contributed by atoms with E-state index in [1.165, 1.54) is 5.56 Å². The Kier molecular flexibility index (Phi) is 9.75. The summed E-state index contributed by atoms with van der Waals surface area (Å²) in [5.74, 6) is 0.710. The zero-order valence-corrected chi connectivity index (χ0v) is 39.6. The molecule has 0 unspecified atom stereocenters. The van der Waals surface area contributed by atoms with Crippen LogP contribution in [0.4, 0.5) is 0 Å². The molecule has 0 atom stereocenters. The van der Waals surface area contributed by atoms with E-state index in [0.29, 0.717) is 33.7 Å². The minimum atomic E-state index is -2.83. The van der Waals surface area contributed by atoms with Crippen molar-refractivity contribution in [2.24, 2.45) is 0 Å². The van der Waals surface area contributed by atoms with Crippen LogP contribution in [-0.2, 0) is 31.9 Å². The number of fused-ring (bicyclic) bond motifs is 1. The van der Waals surface area contributed by atoms with Gasteiger partial charge in [0.15, 0.2) is 0 Å². The van der Waals surface area contributed by atoms with Crippen LogP contribution in [0.15, 0.2) is 158 Å². The molecule has 0 aliphatic heterocycles. The molecule has 0 saturated carbocycles. The summed E-state index contributed by atoms with van der Waals surface area (Å²) >= 11 is 0. The molecule has 0 radical (unpaired) electrons. The maximum Gasteiger partial charge on any atom is 0.148 e. The Morgan fingerprint density at radius 2 is 1.28 bits per heavy atom. The van der Waals surface area contributed by atoms with Gasteiger partial charge in [-0.3, -0.25) is 9.55 Å². The molecule has 7 aromatic carbocycles. The molecule has 9 aromatic rings. The third-order valence-electron chi connectivity index (χ3n) is 11.7. The maximum atomic E-state index is 12.0. The van der Waals surface area contributed by atoms with Crippen molar-refractivity contribution in [1.29, 1.82) is 0 Å². The molecular formula is C59H54N3OPt-. The predicted octanol–water partition coefficient (Wildman–Crippen LogP) is 15.4. The van der Waals surface area contributed by atoms with Crippen molar-refractivity contribution >= 4 is 11.0 Å². The fraction of sp³-hybridized carbons (Fsp3) is 0.186. The van der Waals surface area contributed by atoms with Crippen LogP contribution in [0.5, 0.6) is 5.75 Å². The van der Waals surface area contributed by atoms with Gasteiger partial charge in [0.2, 0.25) is 0 Å². The molecule has 322 valence electrons. The summed E-state index contributed by atoms with van der Waals surface area (Å²) in [5, 5.41) is 12.0. The molecule has 64 heavy (non-hydrogen) atoms. The number of aromatic nitrogens is 3. The SMILES string of the molecule is [2H]c1c([2H])c(C([2H])([2H])[2H])c([2H])c([2H])c1-c1ccnc(-c2[c-]c(-c3cccc4c3nc(-c3cc(C)cc(C)c3O)n4-c3cc(-c4ccccc4)c(C(C)(C)C)cc3-c3ccccc3)cc(C(C)(C)C)c2)c1.[Pt]. The van der Waals surface area contributed by atoms with E-state index in [1.54, 1.807) is 18.3 Å². The van der Waals surface area contributed by atoms with Gasteiger partial charge >= 0.3 is 0 Å². The van der Waals surface area contributed by atoms with E-state index >= 15 is 0 Å². The van der Waals surface area contributed by atoms with Gasteiger partial charge in [-0.2, -0.15) is 0 Å². The number of phenolic OH excluding ortho intramolecular Hbond substituents is 1. The van der Waals surface area contributed by atoms with Gasteiger partial charge in [0.1, 0.15) is 11.6 Å². The van der Waals surface area contributed by atoms with Gasteiger partial charge < -0.3 is 5.11 Å². The average Bonchev–Trinajstić information content (AvgIpc) is 3.71. The van der Waals surface area contributed by atoms with Crippen molar-refractivity contribution in [1.82, 2.24) is 14.5 Å². The van der Waals surface area contributed by atoms with Gasteiger partial charge in [-0.1, -0.05) is 167 Å². The fourth-order valence-corrected chi connectivity index (χ4v) is 8.45. The minimum absolute atomic E-state index is 0. The van der Waals surface area contributed by atoms with Gasteiger partial charge in [0.25, 0.3) is 0 Å². The van der Waals surface area contributed by atoms with E-state index in [-0.39, 0.29) is 43.2 Å². The van der Waals surface area contributed by atoms with Crippen LogP contribution in [0.25, 0.3) is 83.9 Å². The maximum absolute atomic E-state index is 12.0. The van der Waals surface area contributed by atoms with Crippen LogP contribution in [0.3, 0.4) is 0 Å². The van der Waals surface area contributed by atoms with Crippen LogP contribution in [0, 0.1) is 26.8 Å². The molecule has 5 heteroatoms. The molecule has 0 amide bonds. The predicted molar refractivity (Wildman–Crippen MR) is 264 cm³/mol. The second-order valence-electron chi connectivity index (χ2n) is 18.4. The number of rotatable bonds is 7. The summed E-state index contributed by atoms with van der Waals surface area (Å²) in [6.07, 6.45) is 1.55. The number of aromatic hydroxyl groups is 1. The normalized spacial score (nSPS) is 13.5. The van der Waals surface area contributed by atoms with E-state index in [1.807, 2.05) is 56.3 Å². The largest absolute Gasteiger partial charge is 0.507 e. The van der Waals surface area contributed by atoms with Gasteiger partial charge in [-0.25, -0.2) is 4.98 Å². The van der Waals surface area contributed by atoms with Gasteiger partial charge in [0.05, 0.1) is 27.8 Å². The van der Waals surface area contributed by atoms with E-state index in [2.05, 4.69) is 125 Å². The van der Waals surface area contributed by atoms with Gasteiger partial charge in [0, 0.05) is 42.6 Å². The third kappa shape index (κ3) is 8.52. The summed E-state index contributed by atoms with van der Waals surface area (Å²) < 4.78 is 60.8. The second kappa shape index (κ2) is 17.3. The summed E-state index contributed by atoms with van der Waals surface area (Å²) in [6.45, 7) is 14.2. The summed E-state index contributed by atoms with van der Waals surface area (Å²) in [4.78, 5) is 10.3. The van der Waals surface area contributed by atoms with Crippen molar-refractivity contribution in [3.8, 4) is 78.6 Å². The molecule has 0 spiro atoms. The molecule has 0 bridgehead atoms. The van der Waals surface area contributed by atoms with Gasteiger partial charge in [-0.15, -0.1) is 29.3 Å². The molecule has 2 heterocycles. The number of para-hydroxylation sites is 1. The molecular weight excluding hydrogens is 962 g/mol. The standard InChI is InChI=1S/C59H54N3O.Pt/c1-37-23-25-40(26-24-37)43-27-28-60-52(34-43)45-31-44(32-46(33-45)58(4,5)6)47-21-16-22-53-55(47)61-57(50-30-38(2)29-39(3)56(50)63)62(53)54-36-48(41-17-12-10-13-18-41)51(59(7,8)9)35-49(54)42-19-14-11-15-20-42;/h10-30,32-36,63H,1-9H3;/q-1;/i1D3,23D,24D,25D,26D;. The van der Waals surface area contributed by atoms with Gasteiger partial charge in [-0.05, 0) is 106 Å². The van der Waals surface area contributed by atoms with Crippen molar-refractivity contribution in [3.05, 3.63) is 192 Å². The third-order valence-corrected chi connectivity index (χ3v) is 11.7. The number of imidazole rings is 1. The molecule has 9 rings (SSSR count). The zero-order chi connectivity index (χ0) is 50.2. The second-order valence-corrected chi connectivity index (χ2v) is 18.4. The smallest absolute Gasteiger partial charge is 0.148 e. The number of pyridine rings is 1. The first kappa shape index (κ1) is 36.0. The number of aryl methyl sites for hydroxylation is 2. The number of hydrogen-bond donors (Lipinski definition) is 1. The molecule has 0 fully saturated rings. The van der Waals surface area contributed by atoms with Crippen LogP contribution in [-0.4, -0.2) is 19.6 Å². The van der Waals surface area contributed by atoms with Crippen LogP contribution >= 0.6 is 0 Å². The Labute approximate surface area is 402 Å². The Bertz CT molecular complexity index is 3490. The number of hydrogen-bond acceptors (Lipinski definition) is 3. The monoisotopic (exact) mass is 1020 g/mol.